The molecule has 0 saturated carbocycles. The number of alkyl halides is 3. The molecule has 128 valence electrons. The number of carbonyl (C=O) groups excluding carboxylic acids is 1. The first-order chi connectivity index (χ1) is 11.9. The van der Waals surface area contributed by atoms with Crippen molar-refractivity contribution in [2.45, 2.75) is 12.7 Å². The highest BCUT2D eigenvalue weighted by Crippen LogP contribution is 2.29. The minimum atomic E-state index is -4.42. The van der Waals surface area contributed by atoms with Crippen molar-refractivity contribution < 1.29 is 18.0 Å². The van der Waals surface area contributed by atoms with Crippen molar-refractivity contribution in [2.24, 2.45) is 0 Å². The summed E-state index contributed by atoms with van der Waals surface area (Å²) in [6, 6.07) is 11.6. The van der Waals surface area contributed by atoms with Gasteiger partial charge < -0.3 is 5.32 Å². The molecule has 0 bridgehead atoms. The van der Waals surface area contributed by atoms with Gasteiger partial charge in [-0.3, -0.25) is 9.78 Å². The van der Waals surface area contributed by atoms with Crippen LogP contribution in [-0.4, -0.2) is 10.9 Å². The Bertz CT molecular complexity index is 859. The maximum atomic E-state index is 12.6. The average Bonchev–Trinajstić information content (AvgIpc) is 3.14. The van der Waals surface area contributed by atoms with E-state index < -0.39 is 17.6 Å². The van der Waals surface area contributed by atoms with Crippen LogP contribution in [-0.2, 0) is 12.7 Å². The lowest BCUT2D eigenvalue weighted by molar-refractivity contribution is -0.137. The molecule has 0 saturated heterocycles. The standard InChI is InChI=1S/C18H13F3N2OS/c19-18(20,21)14-7-5-12(6-8-14)17(24)23-11-13-3-1-9-22-16(13)15-4-2-10-25-15/h1-10H,11H2,(H,23,24). The summed E-state index contributed by atoms with van der Waals surface area (Å²) in [5.41, 5.74) is 1.02. The van der Waals surface area contributed by atoms with Crippen LogP contribution >= 0.6 is 11.3 Å². The third-order valence-corrected chi connectivity index (χ3v) is 4.44. The summed E-state index contributed by atoms with van der Waals surface area (Å²) in [5, 5.41) is 4.66. The van der Waals surface area contributed by atoms with Crippen molar-refractivity contribution in [1.29, 1.82) is 0 Å². The summed E-state index contributed by atoms with van der Waals surface area (Å²) >= 11 is 1.54. The molecule has 0 atom stereocenters. The van der Waals surface area contributed by atoms with Gasteiger partial charge in [-0.15, -0.1) is 11.3 Å². The second-order valence-corrected chi connectivity index (χ2v) is 6.19. The van der Waals surface area contributed by atoms with Crippen LogP contribution < -0.4 is 5.32 Å². The van der Waals surface area contributed by atoms with E-state index in [9.17, 15) is 18.0 Å². The topological polar surface area (TPSA) is 42.0 Å². The molecule has 1 amide bonds. The summed E-state index contributed by atoms with van der Waals surface area (Å²) < 4.78 is 37.7. The maximum absolute atomic E-state index is 12.6. The number of carbonyl (C=O) groups is 1. The molecule has 7 heteroatoms. The van der Waals surface area contributed by atoms with Gasteiger partial charge in [0.2, 0.25) is 0 Å². The maximum Gasteiger partial charge on any atom is 0.416 e. The monoisotopic (exact) mass is 362 g/mol. The molecular formula is C18H13F3N2OS. The summed E-state index contributed by atoms with van der Waals surface area (Å²) in [5.74, 6) is -0.435. The van der Waals surface area contributed by atoms with E-state index in [4.69, 9.17) is 0 Å². The number of amides is 1. The van der Waals surface area contributed by atoms with Crippen molar-refractivity contribution >= 4 is 17.2 Å². The summed E-state index contributed by atoms with van der Waals surface area (Å²) in [6.45, 7) is 0.237. The van der Waals surface area contributed by atoms with E-state index in [1.54, 1.807) is 23.6 Å². The van der Waals surface area contributed by atoms with Crippen LogP contribution in [0.15, 0.2) is 60.1 Å². The molecule has 0 aliphatic heterocycles. The van der Waals surface area contributed by atoms with E-state index in [0.29, 0.717) is 0 Å². The largest absolute Gasteiger partial charge is 0.416 e. The first kappa shape index (κ1) is 17.2. The molecule has 25 heavy (non-hydrogen) atoms. The molecule has 0 unspecified atom stereocenters. The van der Waals surface area contributed by atoms with Crippen LogP contribution in [0, 0.1) is 0 Å². The zero-order valence-electron chi connectivity index (χ0n) is 12.9. The van der Waals surface area contributed by atoms with E-state index in [0.717, 1.165) is 28.3 Å². The zero-order chi connectivity index (χ0) is 17.9. The van der Waals surface area contributed by atoms with Gasteiger partial charge in [0.05, 0.1) is 16.1 Å². The molecule has 3 nitrogen and oxygen atoms in total. The predicted molar refractivity (Wildman–Crippen MR) is 90.2 cm³/mol. The van der Waals surface area contributed by atoms with Crippen molar-refractivity contribution in [3.63, 3.8) is 0 Å². The van der Waals surface area contributed by atoms with Gasteiger partial charge in [-0.05, 0) is 47.3 Å². The van der Waals surface area contributed by atoms with Crippen molar-refractivity contribution in [3.8, 4) is 10.6 Å². The number of rotatable bonds is 4. The van der Waals surface area contributed by atoms with Gasteiger partial charge in [0.25, 0.3) is 5.91 Å². The minimum absolute atomic E-state index is 0.176. The van der Waals surface area contributed by atoms with Crippen molar-refractivity contribution in [1.82, 2.24) is 10.3 Å². The minimum Gasteiger partial charge on any atom is -0.348 e. The van der Waals surface area contributed by atoms with E-state index in [1.165, 1.54) is 12.1 Å². The van der Waals surface area contributed by atoms with Gasteiger partial charge in [0.1, 0.15) is 0 Å². The molecule has 0 radical (unpaired) electrons. The number of benzene rings is 1. The molecule has 0 aliphatic carbocycles. The Balaban J connectivity index is 1.71. The molecule has 1 aromatic carbocycles. The summed E-state index contributed by atoms with van der Waals surface area (Å²) in [4.78, 5) is 17.5. The number of nitrogens with zero attached hydrogens (tertiary/aromatic N) is 1. The second-order valence-electron chi connectivity index (χ2n) is 5.25. The molecule has 3 rings (SSSR count). The van der Waals surface area contributed by atoms with Crippen LogP contribution in [0.25, 0.3) is 10.6 Å². The van der Waals surface area contributed by atoms with E-state index in [-0.39, 0.29) is 12.1 Å². The normalized spacial score (nSPS) is 11.3. The number of nitrogens with one attached hydrogen (secondary N) is 1. The number of thiophene rings is 1. The van der Waals surface area contributed by atoms with Gasteiger partial charge in [0, 0.05) is 18.3 Å². The Morgan fingerprint density at radius 2 is 1.84 bits per heavy atom. The molecular weight excluding hydrogens is 349 g/mol. The lowest BCUT2D eigenvalue weighted by atomic mass is 10.1. The number of halogens is 3. The van der Waals surface area contributed by atoms with Crippen molar-refractivity contribution in [2.75, 3.05) is 0 Å². The Kier molecular flexibility index (Phi) is 4.85. The van der Waals surface area contributed by atoms with Crippen molar-refractivity contribution in [3.05, 3.63) is 76.8 Å². The molecule has 2 heterocycles. The smallest absolute Gasteiger partial charge is 0.348 e. The fraction of sp³-hybridized carbons (Fsp3) is 0.111. The van der Waals surface area contributed by atoms with Gasteiger partial charge in [-0.2, -0.15) is 13.2 Å². The Morgan fingerprint density at radius 1 is 1.08 bits per heavy atom. The molecule has 3 aromatic rings. The van der Waals surface area contributed by atoms with Crippen LogP contribution in [0.1, 0.15) is 21.5 Å². The summed E-state index contributed by atoms with van der Waals surface area (Å²) in [7, 11) is 0. The number of pyridine rings is 1. The number of hydrogen-bond acceptors (Lipinski definition) is 3. The quantitative estimate of drug-likeness (QED) is 0.727. The lowest BCUT2D eigenvalue weighted by Gasteiger charge is -2.10. The van der Waals surface area contributed by atoms with E-state index >= 15 is 0 Å². The first-order valence-electron chi connectivity index (χ1n) is 7.38. The van der Waals surface area contributed by atoms with Crippen LogP contribution in [0.4, 0.5) is 13.2 Å². The molecule has 0 spiro atoms. The van der Waals surface area contributed by atoms with Crippen LogP contribution in [0.5, 0.6) is 0 Å². The first-order valence-corrected chi connectivity index (χ1v) is 8.26. The molecule has 1 N–H and O–H groups in total. The average molecular weight is 362 g/mol. The van der Waals surface area contributed by atoms with Crippen LogP contribution in [0.2, 0.25) is 0 Å². The summed E-state index contributed by atoms with van der Waals surface area (Å²) in [6.07, 6.45) is -2.74. The Labute approximate surface area is 146 Å². The third-order valence-electron chi connectivity index (χ3n) is 3.56. The van der Waals surface area contributed by atoms with E-state index in [1.807, 2.05) is 23.6 Å². The molecule has 2 aromatic heterocycles. The number of hydrogen-bond donors (Lipinski definition) is 1. The van der Waals surface area contributed by atoms with Gasteiger partial charge in [0.15, 0.2) is 0 Å². The third kappa shape index (κ3) is 4.06. The SMILES string of the molecule is O=C(NCc1cccnc1-c1cccs1)c1ccc(C(F)(F)F)cc1. The van der Waals surface area contributed by atoms with Gasteiger partial charge in [-0.1, -0.05) is 12.1 Å². The lowest BCUT2D eigenvalue weighted by Crippen LogP contribution is -2.23. The zero-order valence-corrected chi connectivity index (χ0v) is 13.7. The van der Waals surface area contributed by atoms with Crippen LogP contribution in [0.3, 0.4) is 0 Å². The second kappa shape index (κ2) is 7.06. The molecule has 0 fully saturated rings. The number of aromatic nitrogens is 1. The highest BCUT2D eigenvalue weighted by Gasteiger charge is 2.30. The fourth-order valence-electron chi connectivity index (χ4n) is 2.30. The predicted octanol–water partition coefficient (Wildman–Crippen LogP) is 4.76. The van der Waals surface area contributed by atoms with E-state index in [2.05, 4.69) is 10.3 Å². The van der Waals surface area contributed by atoms with Gasteiger partial charge >= 0.3 is 6.18 Å². The Morgan fingerprint density at radius 3 is 2.48 bits per heavy atom. The Hall–Kier alpha value is -2.67. The van der Waals surface area contributed by atoms with Gasteiger partial charge in [-0.25, -0.2) is 0 Å². The molecule has 0 aliphatic rings. The highest BCUT2D eigenvalue weighted by molar-refractivity contribution is 7.13. The fourth-order valence-corrected chi connectivity index (χ4v) is 3.06. The highest BCUT2D eigenvalue weighted by atomic mass is 32.1.